The maximum absolute atomic E-state index is 13.2. The second-order valence-corrected chi connectivity index (χ2v) is 8.18. The molecule has 2 fully saturated rings. The number of carboxylic acids is 1. The number of imide groups is 1. The molecular formula is C21H27ClN2O4. The lowest BCUT2D eigenvalue weighted by atomic mass is 9.76. The van der Waals surface area contributed by atoms with Gasteiger partial charge in [-0.2, -0.15) is 0 Å². The first-order chi connectivity index (χ1) is 13.4. The Bertz CT molecular complexity index is 783. The van der Waals surface area contributed by atoms with Gasteiger partial charge in [0, 0.05) is 17.6 Å². The van der Waals surface area contributed by atoms with Gasteiger partial charge in [0.25, 0.3) is 0 Å². The van der Waals surface area contributed by atoms with E-state index in [-0.39, 0.29) is 11.8 Å². The normalized spacial score (nSPS) is 29.4. The molecule has 7 heteroatoms. The Labute approximate surface area is 170 Å². The number of nitrogens with one attached hydrogen (secondary N) is 1. The third kappa shape index (κ3) is 3.33. The van der Waals surface area contributed by atoms with E-state index >= 15 is 0 Å². The van der Waals surface area contributed by atoms with Crippen LogP contribution in [0.3, 0.4) is 0 Å². The Morgan fingerprint density at radius 3 is 2.54 bits per heavy atom. The molecule has 3 rings (SSSR count). The number of rotatable bonds is 8. The molecule has 4 unspecified atom stereocenters. The van der Waals surface area contributed by atoms with Crippen molar-refractivity contribution >= 4 is 29.4 Å². The number of carboxylic acid groups (broad SMARTS) is 1. The minimum atomic E-state index is -1.44. The van der Waals surface area contributed by atoms with Gasteiger partial charge in [-0.25, -0.2) is 0 Å². The van der Waals surface area contributed by atoms with Crippen LogP contribution in [0.15, 0.2) is 24.3 Å². The van der Waals surface area contributed by atoms with Crippen LogP contribution in [0.2, 0.25) is 5.02 Å². The van der Waals surface area contributed by atoms with E-state index in [1.54, 1.807) is 18.2 Å². The van der Waals surface area contributed by atoms with E-state index in [0.717, 1.165) is 18.4 Å². The molecule has 152 valence electrons. The molecule has 0 bridgehead atoms. The molecule has 2 aliphatic rings. The molecule has 2 saturated heterocycles. The Morgan fingerprint density at radius 1 is 1.21 bits per heavy atom. The highest BCUT2D eigenvalue weighted by atomic mass is 35.5. The largest absolute Gasteiger partial charge is 0.480 e. The van der Waals surface area contributed by atoms with Gasteiger partial charge >= 0.3 is 5.97 Å². The summed E-state index contributed by atoms with van der Waals surface area (Å²) in [6.45, 7) is 4.31. The number of amides is 2. The smallest absolute Gasteiger partial charge is 0.324 e. The van der Waals surface area contributed by atoms with Crippen molar-refractivity contribution in [2.24, 2.45) is 11.8 Å². The van der Waals surface area contributed by atoms with E-state index < -0.39 is 29.4 Å². The second-order valence-electron chi connectivity index (χ2n) is 7.74. The van der Waals surface area contributed by atoms with Gasteiger partial charge in [0.05, 0.1) is 11.8 Å². The average Bonchev–Trinajstić information content (AvgIpc) is 3.14. The van der Waals surface area contributed by atoms with Crippen LogP contribution in [-0.2, 0) is 14.4 Å². The number of carbonyl (C=O) groups is 3. The molecule has 1 aromatic carbocycles. The highest BCUT2D eigenvalue weighted by Crippen LogP contribution is 2.50. The van der Waals surface area contributed by atoms with Crippen LogP contribution in [0.4, 0.5) is 0 Å². The van der Waals surface area contributed by atoms with Crippen molar-refractivity contribution in [2.75, 3.05) is 6.54 Å². The molecule has 2 amide bonds. The van der Waals surface area contributed by atoms with Crippen LogP contribution in [0, 0.1) is 11.8 Å². The fraction of sp³-hybridized carbons (Fsp3) is 0.571. The van der Waals surface area contributed by atoms with Crippen molar-refractivity contribution in [1.29, 1.82) is 0 Å². The molecule has 6 nitrogen and oxygen atoms in total. The number of carbonyl (C=O) groups excluding carboxylic acids is 2. The van der Waals surface area contributed by atoms with Crippen LogP contribution in [0.25, 0.3) is 0 Å². The van der Waals surface area contributed by atoms with Gasteiger partial charge in [0.1, 0.15) is 5.54 Å². The number of nitrogens with zero attached hydrogens (tertiary/aromatic N) is 1. The summed E-state index contributed by atoms with van der Waals surface area (Å²) in [5, 5.41) is 13.9. The van der Waals surface area contributed by atoms with Crippen LogP contribution >= 0.6 is 11.6 Å². The van der Waals surface area contributed by atoms with Gasteiger partial charge in [-0.1, -0.05) is 56.8 Å². The summed E-state index contributed by atoms with van der Waals surface area (Å²) in [6, 6.07) is 6.51. The van der Waals surface area contributed by atoms with Crippen molar-refractivity contribution in [3.05, 3.63) is 34.9 Å². The highest BCUT2D eigenvalue weighted by Gasteiger charge is 2.67. The van der Waals surface area contributed by atoms with Crippen molar-refractivity contribution in [1.82, 2.24) is 10.2 Å². The van der Waals surface area contributed by atoms with Crippen molar-refractivity contribution in [3.63, 3.8) is 0 Å². The van der Waals surface area contributed by atoms with E-state index in [0.29, 0.717) is 30.8 Å². The monoisotopic (exact) mass is 406 g/mol. The predicted molar refractivity (Wildman–Crippen MR) is 106 cm³/mol. The molecule has 0 spiro atoms. The number of halogens is 1. The number of aliphatic carboxylic acids is 1. The van der Waals surface area contributed by atoms with Gasteiger partial charge in [0.2, 0.25) is 11.8 Å². The Balaban J connectivity index is 2.08. The summed E-state index contributed by atoms with van der Waals surface area (Å²) >= 11 is 6.14. The van der Waals surface area contributed by atoms with Crippen LogP contribution in [0.5, 0.6) is 0 Å². The summed E-state index contributed by atoms with van der Waals surface area (Å²) in [7, 11) is 0. The van der Waals surface area contributed by atoms with Crippen molar-refractivity contribution in [3.8, 4) is 0 Å². The average molecular weight is 407 g/mol. The van der Waals surface area contributed by atoms with E-state index in [4.69, 9.17) is 11.6 Å². The van der Waals surface area contributed by atoms with Gasteiger partial charge in [-0.3, -0.25) is 24.6 Å². The third-order valence-electron chi connectivity index (χ3n) is 5.99. The number of hydrogen-bond donors (Lipinski definition) is 2. The maximum Gasteiger partial charge on any atom is 0.324 e. The molecule has 0 aliphatic carbocycles. The van der Waals surface area contributed by atoms with Gasteiger partial charge in [0.15, 0.2) is 0 Å². The Kier molecular flexibility index (Phi) is 6.10. The van der Waals surface area contributed by atoms with E-state index in [2.05, 4.69) is 5.32 Å². The fourth-order valence-electron chi connectivity index (χ4n) is 4.57. The minimum Gasteiger partial charge on any atom is -0.480 e. The van der Waals surface area contributed by atoms with E-state index in [9.17, 15) is 19.5 Å². The zero-order chi connectivity index (χ0) is 20.5. The molecule has 2 aliphatic heterocycles. The van der Waals surface area contributed by atoms with Crippen molar-refractivity contribution < 1.29 is 19.5 Å². The number of unbranched alkanes of at least 4 members (excludes halogenated alkanes) is 2. The molecule has 0 aromatic heterocycles. The maximum atomic E-state index is 13.2. The number of likely N-dealkylation sites (tertiary alicyclic amines) is 1. The fourth-order valence-corrected chi connectivity index (χ4v) is 4.77. The standard InChI is InChI=1S/C21H27ClN2O4/c1-3-5-10-21(20(27)28)16-15(18(25)24(19(16)26)11-6-4-2)17(23-21)13-8-7-9-14(22)12-13/h7-9,12,15-17,23H,3-6,10-11H2,1-2H3,(H,27,28). The first-order valence-corrected chi connectivity index (χ1v) is 10.4. The first kappa shape index (κ1) is 20.8. The Hall–Kier alpha value is -1.92. The lowest BCUT2D eigenvalue weighted by molar-refractivity contribution is -0.151. The van der Waals surface area contributed by atoms with Gasteiger partial charge < -0.3 is 5.11 Å². The quantitative estimate of drug-likeness (QED) is 0.646. The summed E-state index contributed by atoms with van der Waals surface area (Å²) < 4.78 is 0. The molecule has 2 N–H and O–H groups in total. The summed E-state index contributed by atoms with van der Waals surface area (Å²) in [5.74, 6) is -3.33. The highest BCUT2D eigenvalue weighted by molar-refractivity contribution is 6.30. The molecule has 2 heterocycles. The Morgan fingerprint density at radius 2 is 1.93 bits per heavy atom. The van der Waals surface area contributed by atoms with Crippen LogP contribution < -0.4 is 5.32 Å². The summed E-state index contributed by atoms with van der Waals surface area (Å²) in [5.41, 5.74) is -0.706. The predicted octanol–water partition coefficient (Wildman–Crippen LogP) is 3.40. The van der Waals surface area contributed by atoms with Crippen LogP contribution in [0.1, 0.15) is 57.6 Å². The van der Waals surface area contributed by atoms with Gasteiger partial charge in [-0.15, -0.1) is 0 Å². The van der Waals surface area contributed by atoms with Gasteiger partial charge in [-0.05, 0) is 30.5 Å². The summed E-state index contributed by atoms with van der Waals surface area (Å²) in [4.78, 5) is 40.1. The molecule has 1 aromatic rings. The van der Waals surface area contributed by atoms with E-state index in [1.807, 2.05) is 19.9 Å². The topological polar surface area (TPSA) is 86.7 Å². The molecule has 0 saturated carbocycles. The lowest BCUT2D eigenvalue weighted by Gasteiger charge is -2.31. The molecule has 4 atom stereocenters. The number of fused-ring (bicyclic) bond motifs is 1. The lowest BCUT2D eigenvalue weighted by Crippen LogP contribution is -2.55. The molecule has 28 heavy (non-hydrogen) atoms. The number of hydrogen-bond acceptors (Lipinski definition) is 4. The van der Waals surface area contributed by atoms with E-state index in [1.165, 1.54) is 4.90 Å². The van der Waals surface area contributed by atoms with Crippen LogP contribution in [-0.4, -0.2) is 39.9 Å². The summed E-state index contributed by atoms with van der Waals surface area (Å²) in [6.07, 6.45) is 3.32. The molecular weight excluding hydrogens is 380 g/mol. The second kappa shape index (κ2) is 8.21. The zero-order valence-corrected chi connectivity index (χ0v) is 17.0. The zero-order valence-electron chi connectivity index (χ0n) is 16.3. The minimum absolute atomic E-state index is 0.277. The third-order valence-corrected chi connectivity index (χ3v) is 6.23. The molecule has 0 radical (unpaired) electrons. The SMILES string of the molecule is CCCCN1C(=O)C2C(c3cccc(Cl)c3)NC(CCCC)(C(=O)O)C2C1=O. The first-order valence-electron chi connectivity index (χ1n) is 9.99. The van der Waals surface area contributed by atoms with Crippen molar-refractivity contribution in [2.45, 2.75) is 57.5 Å². The number of benzene rings is 1.